The number of carbonyl (C=O) groups excluding carboxylic acids is 1. The first-order valence-corrected chi connectivity index (χ1v) is 14.5. The van der Waals surface area contributed by atoms with E-state index in [2.05, 4.69) is 37.3 Å². The van der Waals surface area contributed by atoms with E-state index in [9.17, 15) is 9.18 Å². The third kappa shape index (κ3) is 5.65. The highest BCUT2D eigenvalue weighted by atomic mass is 28.3. The van der Waals surface area contributed by atoms with Crippen LogP contribution in [0.25, 0.3) is 0 Å². The summed E-state index contributed by atoms with van der Waals surface area (Å²) >= 11 is 0. The van der Waals surface area contributed by atoms with Crippen LogP contribution in [-0.2, 0) is 4.79 Å². The predicted octanol–water partition coefficient (Wildman–Crippen LogP) is 6.91. The van der Waals surface area contributed by atoms with E-state index in [1.165, 1.54) is 55.6 Å². The van der Waals surface area contributed by atoms with Gasteiger partial charge in [-0.3, -0.25) is 4.79 Å². The van der Waals surface area contributed by atoms with Crippen LogP contribution < -0.4 is 4.74 Å². The third-order valence-corrected chi connectivity index (χ3v) is 12.0. The Morgan fingerprint density at radius 1 is 0.935 bits per heavy atom. The number of carbonyl (C=O) groups is 1. The van der Waals surface area contributed by atoms with Crippen LogP contribution in [-0.4, -0.2) is 14.8 Å². The van der Waals surface area contributed by atoms with Gasteiger partial charge >= 0.3 is 5.97 Å². The summed E-state index contributed by atoms with van der Waals surface area (Å²) in [6.45, 7) is 2.36. The Balaban J connectivity index is 1.23. The Morgan fingerprint density at radius 2 is 1.55 bits per heavy atom. The van der Waals surface area contributed by atoms with E-state index >= 15 is 0 Å². The molecule has 2 aliphatic rings. The van der Waals surface area contributed by atoms with Gasteiger partial charge in [0, 0.05) is 8.80 Å². The van der Waals surface area contributed by atoms with Crippen molar-refractivity contribution in [1.82, 2.24) is 0 Å². The van der Waals surface area contributed by atoms with Crippen molar-refractivity contribution in [2.24, 2.45) is 17.8 Å². The van der Waals surface area contributed by atoms with Crippen LogP contribution in [0.5, 0.6) is 5.75 Å². The van der Waals surface area contributed by atoms with E-state index in [0.717, 1.165) is 43.1 Å². The van der Waals surface area contributed by atoms with E-state index in [1.54, 1.807) is 5.56 Å². The molecule has 1 atom stereocenters. The molecule has 0 N–H and O–H groups in total. The van der Waals surface area contributed by atoms with Gasteiger partial charge in [-0.2, -0.15) is 0 Å². The quantitative estimate of drug-likeness (QED) is 0.278. The number of halogens is 1. The van der Waals surface area contributed by atoms with Gasteiger partial charge < -0.3 is 4.74 Å². The molecule has 1 heterocycles. The van der Waals surface area contributed by atoms with Crippen molar-refractivity contribution in [3.05, 3.63) is 66.0 Å². The Bertz CT molecular complexity index is 822. The van der Waals surface area contributed by atoms with Crippen LogP contribution in [0, 0.1) is 23.6 Å². The maximum Gasteiger partial charge on any atom is 0.314 e. The lowest BCUT2D eigenvalue weighted by Crippen LogP contribution is -2.33. The second-order valence-corrected chi connectivity index (χ2v) is 13.1. The number of benzene rings is 2. The molecule has 1 saturated carbocycles. The second kappa shape index (κ2) is 10.6. The van der Waals surface area contributed by atoms with Crippen molar-refractivity contribution >= 4 is 14.8 Å². The van der Waals surface area contributed by atoms with Gasteiger partial charge in [-0.15, -0.1) is 0 Å². The van der Waals surface area contributed by atoms with Crippen molar-refractivity contribution < 1.29 is 13.9 Å². The smallest absolute Gasteiger partial charge is 0.314 e. The number of hydrogen-bond donors (Lipinski definition) is 0. The molecule has 1 saturated heterocycles. The first-order valence-electron chi connectivity index (χ1n) is 12.2. The van der Waals surface area contributed by atoms with Crippen molar-refractivity contribution in [1.29, 1.82) is 0 Å². The Labute approximate surface area is 187 Å². The molecule has 31 heavy (non-hydrogen) atoms. The average molecular weight is 439 g/mol. The number of rotatable bonds is 6. The van der Waals surface area contributed by atoms with Crippen LogP contribution in [0.1, 0.15) is 63.0 Å². The Morgan fingerprint density at radius 3 is 2.16 bits per heavy atom. The molecule has 0 spiro atoms. The van der Waals surface area contributed by atoms with Gasteiger partial charge in [0.2, 0.25) is 0 Å². The summed E-state index contributed by atoms with van der Waals surface area (Å²) < 4.78 is 18.5. The number of esters is 1. The van der Waals surface area contributed by atoms with Gasteiger partial charge in [-0.05, 0) is 72.9 Å². The molecule has 2 aromatic rings. The largest absolute Gasteiger partial charge is 0.426 e. The minimum Gasteiger partial charge on any atom is -0.426 e. The van der Waals surface area contributed by atoms with Gasteiger partial charge in [0.15, 0.2) is 0 Å². The van der Waals surface area contributed by atoms with Crippen LogP contribution in [0.3, 0.4) is 0 Å². The summed E-state index contributed by atoms with van der Waals surface area (Å²) in [7, 11) is -0.734. The molecule has 2 nitrogen and oxygen atoms in total. The minimum atomic E-state index is -0.734. The van der Waals surface area contributed by atoms with E-state index in [4.69, 9.17) is 4.74 Å². The molecule has 4 heteroatoms. The molecule has 2 aromatic carbocycles. The minimum absolute atomic E-state index is 0.00503. The normalized spacial score (nSPS) is 27.4. The zero-order valence-electron chi connectivity index (χ0n) is 18.6. The lowest BCUT2D eigenvalue weighted by Gasteiger charge is -2.39. The van der Waals surface area contributed by atoms with Crippen molar-refractivity contribution in [2.75, 3.05) is 0 Å². The highest BCUT2D eigenvalue weighted by Crippen LogP contribution is 2.43. The first kappa shape index (κ1) is 22.3. The van der Waals surface area contributed by atoms with Crippen molar-refractivity contribution in [2.45, 2.75) is 69.5 Å². The summed E-state index contributed by atoms with van der Waals surface area (Å²) in [4.78, 5) is 12.5. The van der Waals surface area contributed by atoms with Gasteiger partial charge in [0.1, 0.15) is 11.6 Å². The Kier molecular flexibility index (Phi) is 7.60. The fourth-order valence-electron chi connectivity index (χ4n) is 6.09. The summed E-state index contributed by atoms with van der Waals surface area (Å²) in [6, 6.07) is 19.9. The van der Waals surface area contributed by atoms with Crippen LogP contribution in [0.15, 0.2) is 54.6 Å². The van der Waals surface area contributed by atoms with E-state index < -0.39 is 8.80 Å². The zero-order valence-corrected chi connectivity index (χ0v) is 19.8. The predicted molar refractivity (Wildman–Crippen MR) is 126 cm³/mol. The van der Waals surface area contributed by atoms with E-state index in [0.29, 0.717) is 5.75 Å². The van der Waals surface area contributed by atoms with Crippen LogP contribution in [0.4, 0.5) is 4.39 Å². The van der Waals surface area contributed by atoms with E-state index in [-0.39, 0.29) is 17.7 Å². The molecule has 0 bridgehead atoms. The van der Waals surface area contributed by atoms with Crippen LogP contribution >= 0.6 is 0 Å². The van der Waals surface area contributed by atoms with Gasteiger partial charge in [0.25, 0.3) is 0 Å². The summed E-state index contributed by atoms with van der Waals surface area (Å²) in [5.41, 5.74) is 2.40. The van der Waals surface area contributed by atoms with Gasteiger partial charge in [-0.25, -0.2) is 4.39 Å². The standard InChI is InChI=1S/C27H35FO2Si/c1-2-26(22-6-4-3-5-7-22)31-18-16-21(17-19-31)20-8-10-23(11-9-20)27(29)30-25-14-12-24(28)13-15-25/h3-7,12-15,20-21,23,26,31H,2,8-11,16-19H2,1H3. The number of ether oxygens (including phenoxy) is 1. The maximum absolute atomic E-state index is 13.0. The molecule has 1 aliphatic carbocycles. The maximum atomic E-state index is 13.0. The van der Waals surface area contributed by atoms with Crippen molar-refractivity contribution in [3.63, 3.8) is 0 Å². The monoisotopic (exact) mass is 438 g/mol. The second-order valence-electron chi connectivity index (χ2n) is 9.59. The molecular formula is C27H35FO2Si. The molecule has 0 radical (unpaired) electrons. The fourth-order valence-corrected chi connectivity index (χ4v) is 10.3. The molecule has 4 rings (SSSR count). The van der Waals surface area contributed by atoms with E-state index in [1.807, 2.05) is 0 Å². The molecule has 166 valence electrons. The SMILES string of the molecule is CCC(c1ccccc1)[SiH]1CCC(C2CCC(C(=O)Oc3ccc(F)cc3)CC2)CC1. The topological polar surface area (TPSA) is 26.3 Å². The third-order valence-electron chi connectivity index (χ3n) is 7.86. The van der Waals surface area contributed by atoms with Gasteiger partial charge in [-0.1, -0.05) is 68.6 Å². The zero-order chi connectivity index (χ0) is 21.6. The van der Waals surface area contributed by atoms with Gasteiger partial charge in [0.05, 0.1) is 5.92 Å². The highest BCUT2D eigenvalue weighted by Gasteiger charge is 2.35. The summed E-state index contributed by atoms with van der Waals surface area (Å²) in [6.07, 6.45) is 8.25. The molecule has 1 aliphatic heterocycles. The summed E-state index contributed by atoms with van der Waals surface area (Å²) in [5.74, 6) is 1.62. The lowest BCUT2D eigenvalue weighted by molar-refractivity contribution is -0.140. The van der Waals surface area contributed by atoms with Crippen molar-refractivity contribution in [3.8, 4) is 5.75 Å². The molecular weight excluding hydrogens is 403 g/mol. The molecule has 2 fully saturated rings. The average Bonchev–Trinajstić information content (AvgIpc) is 2.82. The lowest BCUT2D eigenvalue weighted by atomic mass is 9.74. The number of hydrogen-bond acceptors (Lipinski definition) is 2. The molecule has 0 amide bonds. The Hall–Kier alpha value is -1.94. The first-order chi connectivity index (χ1) is 15.1. The highest BCUT2D eigenvalue weighted by molar-refractivity contribution is 6.60. The summed E-state index contributed by atoms with van der Waals surface area (Å²) in [5, 5.41) is 0. The van der Waals surface area contributed by atoms with Crippen LogP contribution in [0.2, 0.25) is 12.1 Å². The fraction of sp³-hybridized carbons (Fsp3) is 0.519. The molecule has 1 unspecified atom stereocenters. The molecule has 0 aromatic heterocycles.